The summed E-state index contributed by atoms with van der Waals surface area (Å²) in [5.74, 6) is -0.267. The molecular weight excluding hydrogens is 411 g/mol. The molecule has 0 saturated carbocycles. The molecule has 158 valence electrons. The molecule has 1 amide bonds. The summed E-state index contributed by atoms with van der Waals surface area (Å²) in [6.45, 7) is 4.49. The smallest absolute Gasteiger partial charge is 0.265 e. The van der Waals surface area contributed by atoms with Crippen molar-refractivity contribution in [2.45, 2.75) is 31.6 Å². The summed E-state index contributed by atoms with van der Waals surface area (Å²) in [4.78, 5) is 14.4. The molecule has 8 nitrogen and oxygen atoms in total. The third-order valence-electron chi connectivity index (χ3n) is 5.10. The first kappa shape index (κ1) is 20.1. The van der Waals surface area contributed by atoms with Crippen LogP contribution in [0.3, 0.4) is 0 Å². The Morgan fingerprint density at radius 1 is 1.23 bits per heavy atom. The number of rotatable bonds is 5. The van der Waals surface area contributed by atoms with Crippen LogP contribution in [-0.4, -0.2) is 42.5 Å². The van der Waals surface area contributed by atoms with Crippen molar-refractivity contribution in [2.75, 3.05) is 17.8 Å². The fourth-order valence-electron chi connectivity index (χ4n) is 3.52. The number of sulfonamides is 1. The van der Waals surface area contributed by atoms with Crippen LogP contribution in [0.1, 0.15) is 34.5 Å². The number of H-pyrrole nitrogens is 1. The number of halogens is 1. The first-order chi connectivity index (χ1) is 14.3. The molecule has 2 N–H and O–H groups in total. The minimum Gasteiger partial charge on any atom is -0.458 e. The van der Waals surface area contributed by atoms with Crippen molar-refractivity contribution in [1.29, 1.82) is 0 Å². The third-order valence-corrected chi connectivity index (χ3v) is 6.58. The zero-order chi connectivity index (χ0) is 21.5. The minimum absolute atomic E-state index is 0.0737. The molecule has 1 aromatic carbocycles. The van der Waals surface area contributed by atoms with E-state index in [-0.39, 0.29) is 28.0 Å². The van der Waals surface area contributed by atoms with Crippen LogP contribution in [0.5, 0.6) is 0 Å². The van der Waals surface area contributed by atoms with Gasteiger partial charge in [0, 0.05) is 19.2 Å². The first-order valence-corrected chi connectivity index (χ1v) is 11.0. The van der Waals surface area contributed by atoms with Gasteiger partial charge < -0.3 is 9.32 Å². The predicted octanol–water partition coefficient (Wildman–Crippen LogP) is 3.46. The van der Waals surface area contributed by atoms with Crippen LogP contribution in [0.4, 0.5) is 10.1 Å². The molecule has 3 heterocycles. The number of aromatic amines is 1. The van der Waals surface area contributed by atoms with Gasteiger partial charge in [0.1, 0.15) is 22.2 Å². The number of carbonyl (C=O) groups excluding carboxylic acids is 1. The molecule has 2 aromatic heterocycles. The standard InChI is InChI=1S/C20H21FN4O4S/c1-12-9-14(21)5-6-16(12)24-30(27,28)18-10-17(29-13(18)2)19-15(11-22-23-19)20(26)25-7-3-4-8-25/h5-6,9-11,24H,3-4,7-8H2,1-2H3,(H,22,23). The van der Waals surface area contributed by atoms with E-state index in [4.69, 9.17) is 4.42 Å². The molecule has 0 radical (unpaired) electrons. The number of amides is 1. The van der Waals surface area contributed by atoms with Crippen molar-refractivity contribution in [3.8, 4) is 11.5 Å². The van der Waals surface area contributed by atoms with E-state index in [0.717, 1.165) is 12.8 Å². The number of benzene rings is 1. The Morgan fingerprint density at radius 3 is 2.67 bits per heavy atom. The van der Waals surface area contributed by atoms with Crippen LogP contribution in [0.15, 0.2) is 39.8 Å². The zero-order valence-corrected chi connectivity index (χ0v) is 17.3. The fourth-order valence-corrected chi connectivity index (χ4v) is 4.83. The van der Waals surface area contributed by atoms with Gasteiger partial charge in [0.15, 0.2) is 5.76 Å². The highest BCUT2D eigenvalue weighted by atomic mass is 32.2. The molecule has 1 aliphatic rings. The van der Waals surface area contributed by atoms with Crippen molar-refractivity contribution in [2.24, 2.45) is 0 Å². The molecule has 0 spiro atoms. The van der Waals surface area contributed by atoms with Crippen molar-refractivity contribution in [1.82, 2.24) is 15.1 Å². The highest BCUT2D eigenvalue weighted by Gasteiger charge is 2.28. The number of likely N-dealkylation sites (tertiary alicyclic amines) is 1. The van der Waals surface area contributed by atoms with Crippen LogP contribution >= 0.6 is 0 Å². The minimum atomic E-state index is -3.99. The Morgan fingerprint density at radius 2 is 1.97 bits per heavy atom. The molecule has 0 bridgehead atoms. The van der Waals surface area contributed by atoms with Crippen LogP contribution in [-0.2, 0) is 10.0 Å². The maximum Gasteiger partial charge on any atom is 0.265 e. The fraction of sp³-hybridized carbons (Fsp3) is 0.300. The van der Waals surface area contributed by atoms with E-state index in [0.29, 0.717) is 29.9 Å². The van der Waals surface area contributed by atoms with E-state index in [1.807, 2.05) is 0 Å². The number of furan rings is 1. The van der Waals surface area contributed by atoms with Crippen molar-refractivity contribution in [3.05, 3.63) is 53.2 Å². The number of hydrogen-bond donors (Lipinski definition) is 2. The molecule has 0 unspecified atom stereocenters. The van der Waals surface area contributed by atoms with Crippen LogP contribution in [0.2, 0.25) is 0 Å². The average Bonchev–Trinajstić information content (AvgIpc) is 3.43. The van der Waals surface area contributed by atoms with Crippen molar-refractivity contribution >= 4 is 21.6 Å². The highest BCUT2D eigenvalue weighted by molar-refractivity contribution is 7.92. The van der Waals surface area contributed by atoms with Gasteiger partial charge in [-0.25, -0.2) is 12.8 Å². The summed E-state index contributed by atoms with van der Waals surface area (Å²) in [6.07, 6.45) is 3.33. The number of aromatic nitrogens is 2. The van der Waals surface area contributed by atoms with E-state index in [1.165, 1.54) is 37.4 Å². The molecule has 1 saturated heterocycles. The Labute approximate surface area is 173 Å². The van der Waals surface area contributed by atoms with E-state index >= 15 is 0 Å². The summed E-state index contributed by atoms with van der Waals surface area (Å²) in [6, 6.07) is 5.14. The van der Waals surface area contributed by atoms with Gasteiger partial charge in [0.05, 0.1) is 17.4 Å². The van der Waals surface area contributed by atoms with Crippen molar-refractivity contribution in [3.63, 3.8) is 0 Å². The number of nitrogens with zero attached hydrogens (tertiary/aromatic N) is 2. The van der Waals surface area contributed by atoms with Gasteiger partial charge in [-0.1, -0.05) is 0 Å². The molecular formula is C20H21FN4O4S. The molecule has 0 aliphatic carbocycles. The van der Waals surface area contributed by atoms with Gasteiger partial charge in [-0.2, -0.15) is 5.10 Å². The van der Waals surface area contributed by atoms with Crippen LogP contribution < -0.4 is 4.72 Å². The third kappa shape index (κ3) is 3.70. The molecule has 30 heavy (non-hydrogen) atoms. The normalized spacial score (nSPS) is 14.3. The average molecular weight is 432 g/mol. The number of aryl methyl sites for hydroxylation is 2. The lowest BCUT2D eigenvalue weighted by Crippen LogP contribution is -2.27. The lowest BCUT2D eigenvalue weighted by atomic mass is 10.2. The van der Waals surface area contributed by atoms with Gasteiger partial charge in [-0.15, -0.1) is 0 Å². The lowest BCUT2D eigenvalue weighted by molar-refractivity contribution is 0.0793. The Hall–Kier alpha value is -3.14. The van der Waals surface area contributed by atoms with Gasteiger partial charge in [-0.3, -0.25) is 14.6 Å². The van der Waals surface area contributed by atoms with E-state index in [2.05, 4.69) is 14.9 Å². The van der Waals surface area contributed by atoms with Gasteiger partial charge in [-0.05, 0) is 50.5 Å². The number of hydrogen-bond acceptors (Lipinski definition) is 5. The van der Waals surface area contributed by atoms with Gasteiger partial charge in [0.25, 0.3) is 15.9 Å². The summed E-state index contributed by atoms with van der Waals surface area (Å²) in [5.41, 5.74) is 1.38. The number of anilines is 1. The quantitative estimate of drug-likeness (QED) is 0.642. The van der Waals surface area contributed by atoms with Crippen molar-refractivity contribution < 1.29 is 22.0 Å². The molecule has 0 atom stereocenters. The molecule has 3 aromatic rings. The van der Waals surface area contributed by atoms with Crippen LogP contribution in [0, 0.1) is 19.7 Å². The Balaban J connectivity index is 1.65. The SMILES string of the molecule is Cc1cc(F)ccc1NS(=O)(=O)c1cc(-c2[nH]ncc2C(=O)N2CCCC2)oc1C. The molecule has 1 fully saturated rings. The van der Waals surface area contributed by atoms with Crippen LogP contribution in [0.25, 0.3) is 11.5 Å². The van der Waals surface area contributed by atoms with E-state index in [9.17, 15) is 17.6 Å². The largest absolute Gasteiger partial charge is 0.458 e. The topological polar surface area (TPSA) is 108 Å². The molecule has 10 heteroatoms. The van der Waals surface area contributed by atoms with E-state index in [1.54, 1.807) is 11.8 Å². The summed E-state index contributed by atoms with van der Waals surface area (Å²) < 4.78 is 47.2. The molecule has 1 aliphatic heterocycles. The first-order valence-electron chi connectivity index (χ1n) is 9.48. The Bertz CT molecular complexity index is 1210. The second-order valence-corrected chi connectivity index (χ2v) is 8.90. The molecule has 4 rings (SSSR count). The maximum absolute atomic E-state index is 13.3. The maximum atomic E-state index is 13.3. The monoisotopic (exact) mass is 432 g/mol. The summed E-state index contributed by atoms with van der Waals surface area (Å²) in [5, 5.41) is 6.68. The predicted molar refractivity (Wildman–Crippen MR) is 108 cm³/mol. The second kappa shape index (κ2) is 7.60. The van der Waals surface area contributed by atoms with E-state index < -0.39 is 15.8 Å². The Kier molecular flexibility index (Phi) is 5.10. The van der Waals surface area contributed by atoms with Gasteiger partial charge in [0.2, 0.25) is 0 Å². The number of carbonyl (C=O) groups is 1. The summed E-state index contributed by atoms with van der Waals surface area (Å²) in [7, 11) is -3.99. The van der Waals surface area contributed by atoms with Gasteiger partial charge >= 0.3 is 0 Å². The zero-order valence-electron chi connectivity index (χ0n) is 16.5. The lowest BCUT2D eigenvalue weighted by Gasteiger charge is -2.14. The summed E-state index contributed by atoms with van der Waals surface area (Å²) >= 11 is 0. The second-order valence-electron chi connectivity index (χ2n) is 7.25. The highest BCUT2D eigenvalue weighted by Crippen LogP contribution is 2.31. The number of nitrogens with one attached hydrogen (secondary N) is 2.